The molecule has 0 radical (unpaired) electrons. The van der Waals surface area contributed by atoms with Crippen LogP contribution >= 0.6 is 0 Å². The zero-order valence-corrected chi connectivity index (χ0v) is 11.9. The number of esters is 1. The van der Waals surface area contributed by atoms with Crippen LogP contribution in [0.5, 0.6) is 0 Å². The smallest absolute Gasteiger partial charge is 0.338 e. The average molecular weight is 294 g/mol. The normalized spacial score (nSPS) is 33.7. The van der Waals surface area contributed by atoms with Crippen LogP contribution in [-0.4, -0.2) is 48.1 Å². The molecule has 2 fully saturated rings. The molecular formula is C15H18O6. The van der Waals surface area contributed by atoms with Gasteiger partial charge in [-0.25, -0.2) is 4.79 Å². The van der Waals surface area contributed by atoms with Crippen LogP contribution in [0.25, 0.3) is 0 Å². The number of fused-ring (bicyclic) bond motifs is 1. The van der Waals surface area contributed by atoms with Crippen molar-refractivity contribution in [3.8, 4) is 0 Å². The van der Waals surface area contributed by atoms with Crippen LogP contribution in [0.4, 0.5) is 0 Å². The molecule has 6 heteroatoms. The third-order valence-electron chi connectivity index (χ3n) is 3.52. The van der Waals surface area contributed by atoms with Crippen LogP contribution < -0.4 is 0 Å². The lowest BCUT2D eigenvalue weighted by molar-refractivity contribution is -0.218. The summed E-state index contributed by atoms with van der Waals surface area (Å²) in [6, 6.07) is 8.66. The Morgan fingerprint density at radius 1 is 1.29 bits per heavy atom. The third kappa shape index (κ3) is 2.80. The van der Waals surface area contributed by atoms with E-state index in [2.05, 4.69) is 0 Å². The van der Waals surface area contributed by atoms with E-state index >= 15 is 0 Å². The first-order chi connectivity index (χ1) is 10.00. The molecule has 0 aromatic heterocycles. The number of aliphatic hydroxyl groups excluding tert-OH is 1. The van der Waals surface area contributed by atoms with E-state index < -0.39 is 36.4 Å². The fourth-order valence-electron chi connectivity index (χ4n) is 2.60. The van der Waals surface area contributed by atoms with Gasteiger partial charge in [0.05, 0.1) is 12.2 Å². The van der Waals surface area contributed by atoms with Crippen LogP contribution in [0, 0.1) is 0 Å². The maximum Gasteiger partial charge on any atom is 0.338 e. The Morgan fingerprint density at radius 3 is 2.67 bits per heavy atom. The molecule has 3 rings (SSSR count). The van der Waals surface area contributed by atoms with Gasteiger partial charge >= 0.3 is 5.97 Å². The molecule has 0 bridgehead atoms. The summed E-state index contributed by atoms with van der Waals surface area (Å²) in [5, 5.41) is 9.38. The molecule has 0 saturated carbocycles. The molecule has 2 aliphatic heterocycles. The highest BCUT2D eigenvalue weighted by atomic mass is 16.8. The molecule has 2 heterocycles. The maximum absolute atomic E-state index is 12.2. The van der Waals surface area contributed by atoms with Crippen molar-refractivity contribution < 1.29 is 28.8 Å². The number of aliphatic hydroxyl groups is 1. The van der Waals surface area contributed by atoms with Crippen molar-refractivity contribution in [2.24, 2.45) is 0 Å². The summed E-state index contributed by atoms with van der Waals surface area (Å²) >= 11 is 0. The first kappa shape index (κ1) is 14.5. The second-order valence-electron chi connectivity index (χ2n) is 5.56. The second-order valence-corrected chi connectivity index (χ2v) is 5.56. The van der Waals surface area contributed by atoms with Gasteiger partial charge in [-0.1, -0.05) is 18.2 Å². The maximum atomic E-state index is 12.2. The average Bonchev–Trinajstić information content (AvgIpc) is 2.92. The zero-order valence-electron chi connectivity index (χ0n) is 11.9. The monoisotopic (exact) mass is 294 g/mol. The Balaban J connectivity index is 1.75. The van der Waals surface area contributed by atoms with Gasteiger partial charge in [-0.15, -0.1) is 0 Å². The molecule has 6 nitrogen and oxygen atoms in total. The van der Waals surface area contributed by atoms with Gasteiger partial charge in [-0.3, -0.25) is 0 Å². The first-order valence-electron chi connectivity index (χ1n) is 6.88. The highest BCUT2D eigenvalue weighted by Crippen LogP contribution is 2.38. The van der Waals surface area contributed by atoms with E-state index in [0.29, 0.717) is 5.56 Å². The van der Waals surface area contributed by atoms with E-state index in [0.717, 1.165) is 0 Å². The molecule has 2 saturated heterocycles. The lowest BCUT2D eigenvalue weighted by atomic mass is 10.1. The van der Waals surface area contributed by atoms with Crippen molar-refractivity contribution in [3.63, 3.8) is 0 Å². The number of hydrogen-bond acceptors (Lipinski definition) is 6. The second kappa shape index (κ2) is 5.38. The standard InChI is InChI=1S/C15H18O6/c1-15(2)20-12-11(10(8-16)18-14(12)21-15)19-13(17)9-6-4-3-5-7-9/h3-7,10-12,14,16H,8H2,1-2H3. The first-order valence-corrected chi connectivity index (χ1v) is 6.88. The minimum absolute atomic E-state index is 0.271. The lowest BCUT2D eigenvalue weighted by Crippen LogP contribution is -2.39. The van der Waals surface area contributed by atoms with Gasteiger partial charge in [-0.2, -0.15) is 0 Å². The molecular weight excluding hydrogens is 276 g/mol. The Kier molecular flexibility index (Phi) is 3.71. The molecule has 4 atom stereocenters. The van der Waals surface area contributed by atoms with E-state index in [9.17, 15) is 9.90 Å². The summed E-state index contributed by atoms with van der Waals surface area (Å²) in [4.78, 5) is 12.2. The van der Waals surface area contributed by atoms with Gasteiger partial charge in [0.2, 0.25) is 0 Å². The summed E-state index contributed by atoms with van der Waals surface area (Å²) in [5.41, 5.74) is 0.441. The molecule has 0 aliphatic carbocycles. The topological polar surface area (TPSA) is 74.2 Å². The Labute approximate surface area is 122 Å². The van der Waals surface area contributed by atoms with E-state index in [1.807, 2.05) is 6.07 Å². The highest BCUT2D eigenvalue weighted by Gasteiger charge is 2.56. The van der Waals surface area contributed by atoms with Crippen molar-refractivity contribution in [1.29, 1.82) is 0 Å². The molecule has 21 heavy (non-hydrogen) atoms. The molecule has 1 N–H and O–H groups in total. The molecule has 2 aliphatic rings. The number of carbonyl (C=O) groups is 1. The summed E-state index contributed by atoms with van der Waals surface area (Å²) in [6.07, 6.45) is -2.52. The summed E-state index contributed by atoms with van der Waals surface area (Å²) in [6.45, 7) is 3.25. The van der Waals surface area contributed by atoms with E-state index in [1.165, 1.54) is 0 Å². The van der Waals surface area contributed by atoms with Crippen molar-refractivity contribution >= 4 is 5.97 Å². The number of carbonyl (C=O) groups excluding carboxylic acids is 1. The number of rotatable bonds is 3. The van der Waals surface area contributed by atoms with Gasteiger partial charge in [0.1, 0.15) is 6.10 Å². The minimum atomic E-state index is -0.798. The van der Waals surface area contributed by atoms with Crippen LogP contribution in [-0.2, 0) is 18.9 Å². The van der Waals surface area contributed by atoms with Gasteiger partial charge < -0.3 is 24.1 Å². The fraction of sp³-hybridized carbons (Fsp3) is 0.533. The van der Waals surface area contributed by atoms with E-state index in [1.54, 1.807) is 38.1 Å². The number of benzene rings is 1. The predicted octanol–water partition coefficient (Wildman–Crippen LogP) is 1.08. The Hall–Kier alpha value is -1.47. The van der Waals surface area contributed by atoms with Crippen LogP contribution in [0.1, 0.15) is 24.2 Å². The van der Waals surface area contributed by atoms with Crippen molar-refractivity contribution in [2.45, 2.75) is 44.2 Å². The summed E-state index contributed by atoms with van der Waals surface area (Å²) in [7, 11) is 0. The zero-order chi connectivity index (χ0) is 15.0. The van der Waals surface area contributed by atoms with Crippen molar-refractivity contribution in [2.75, 3.05) is 6.61 Å². The van der Waals surface area contributed by atoms with Crippen LogP contribution in [0.2, 0.25) is 0 Å². The van der Waals surface area contributed by atoms with Crippen LogP contribution in [0.3, 0.4) is 0 Å². The molecule has 0 spiro atoms. The predicted molar refractivity (Wildman–Crippen MR) is 71.4 cm³/mol. The van der Waals surface area contributed by atoms with Gasteiger partial charge in [0.15, 0.2) is 24.3 Å². The van der Waals surface area contributed by atoms with E-state index in [4.69, 9.17) is 18.9 Å². The van der Waals surface area contributed by atoms with Gasteiger partial charge in [0, 0.05) is 0 Å². The fourth-order valence-corrected chi connectivity index (χ4v) is 2.60. The lowest BCUT2D eigenvalue weighted by Gasteiger charge is -2.24. The molecule has 1 aromatic carbocycles. The quantitative estimate of drug-likeness (QED) is 0.841. The van der Waals surface area contributed by atoms with Gasteiger partial charge in [0.25, 0.3) is 0 Å². The molecule has 114 valence electrons. The third-order valence-corrected chi connectivity index (χ3v) is 3.52. The number of ether oxygens (including phenoxy) is 4. The van der Waals surface area contributed by atoms with Crippen LogP contribution in [0.15, 0.2) is 30.3 Å². The summed E-state index contributed by atoms with van der Waals surface area (Å²) < 4.78 is 22.3. The molecule has 4 unspecified atom stereocenters. The SMILES string of the molecule is CC1(C)OC2OC(CO)C(OC(=O)c3ccccc3)C2O1. The molecule has 0 amide bonds. The minimum Gasteiger partial charge on any atom is -0.453 e. The summed E-state index contributed by atoms with van der Waals surface area (Å²) in [5.74, 6) is -1.27. The van der Waals surface area contributed by atoms with E-state index in [-0.39, 0.29) is 6.61 Å². The van der Waals surface area contributed by atoms with Crippen molar-refractivity contribution in [3.05, 3.63) is 35.9 Å². The Bertz CT molecular complexity index is 514. The highest BCUT2D eigenvalue weighted by molar-refractivity contribution is 5.89. The van der Waals surface area contributed by atoms with Gasteiger partial charge in [-0.05, 0) is 26.0 Å². The molecule has 1 aromatic rings. The largest absolute Gasteiger partial charge is 0.453 e. The number of hydrogen-bond donors (Lipinski definition) is 1. The van der Waals surface area contributed by atoms with Crippen molar-refractivity contribution in [1.82, 2.24) is 0 Å². The Morgan fingerprint density at radius 2 is 2.00 bits per heavy atom.